The topological polar surface area (TPSA) is 0 Å². The summed E-state index contributed by atoms with van der Waals surface area (Å²) >= 11 is 0. The molecule has 5 aliphatic carbocycles. The first-order chi connectivity index (χ1) is 29.8. The van der Waals surface area contributed by atoms with Gasteiger partial charge in [0.2, 0.25) is 0 Å². The molecule has 0 spiro atoms. The Morgan fingerprint density at radius 3 is 0.450 bits per heavy atom. The highest BCUT2D eigenvalue weighted by atomic mass is 30.2. The fourth-order valence-electron chi connectivity index (χ4n) is 14.5. The maximum absolute atomic E-state index is 3.13. The average molecular weight is 851 g/mol. The van der Waals surface area contributed by atoms with Crippen LogP contribution in [0, 0.1) is 0 Å². The van der Waals surface area contributed by atoms with E-state index in [0.29, 0.717) is 27.7 Å². The Morgan fingerprint density at radius 1 is 0.183 bits per heavy atom. The number of allylic oxidation sites excluding steroid dienone is 20. The van der Waals surface area contributed by atoms with Crippen molar-refractivity contribution in [2.45, 2.75) is 27.7 Å². The van der Waals surface area contributed by atoms with Crippen LogP contribution in [0.15, 0.2) is 273 Å². The van der Waals surface area contributed by atoms with E-state index in [1.54, 1.807) is 25.9 Å². The normalized spacial score (nSPS) is 30.7. The predicted octanol–water partition coefficient (Wildman–Crippen LogP) is 9.65. The van der Waals surface area contributed by atoms with Gasteiger partial charge in [0.1, 0.15) is 0 Å². The lowest BCUT2D eigenvalue weighted by atomic mass is 10.4. The molecule has 1 fully saturated rings. The molecule has 5 aromatic carbocycles. The van der Waals surface area contributed by atoms with Crippen molar-refractivity contribution in [2.24, 2.45) is 0 Å². The Hall–Kier alpha value is -5.42. The fraction of sp³-hybridized carbons (Fsp3) is 0.0909. The molecule has 1 heterocycles. The maximum atomic E-state index is 2.74. The van der Waals surface area contributed by atoms with Gasteiger partial charge in [-0.05, 0) is 27.7 Å². The van der Waals surface area contributed by atoms with Gasteiger partial charge in [-0.2, -0.15) is 0 Å². The standard InChI is InChI=1S/C55H50Si5/c1-6-26-46(27-7-1)56(51-36-16-17-37-51)57(52-38-18-19-39-52,47-28-8-2-9-29-47)59(54-42-22-23-43-54,49-32-12-4-13-33-49)60(55-44-24-25-45-55,50-34-14-5-15-35-50)58(56,53-40-20-21-41-53)48-30-10-3-11-31-48/h1-45,51-55H. The molecule has 0 unspecified atom stereocenters. The monoisotopic (exact) mass is 850 g/mol. The molecule has 0 atom stereocenters. The Morgan fingerprint density at radius 2 is 0.317 bits per heavy atom. The Bertz CT molecular complexity index is 2180. The fourth-order valence-corrected chi connectivity index (χ4v) is 213. The largest absolute Gasteiger partial charge is 0.0932 e. The SMILES string of the molecule is C1=CC([Si]2(c3ccccc3)[Si](c3ccccc3)(C3C=CC=C3)[Si](c3ccccc3)(C3C=CC=C3)[Si](c3ccccc3)(C3C=CC=C3)[Si]2(c2ccccc2)C2C=CC=C2)C=C1. The molecule has 0 saturated carbocycles. The van der Waals surface area contributed by atoms with Crippen molar-refractivity contribution in [1.29, 1.82) is 0 Å². The predicted molar refractivity (Wildman–Crippen MR) is 269 cm³/mol. The summed E-state index contributed by atoms with van der Waals surface area (Å²) in [5.41, 5.74) is 1.53. The second-order valence-corrected chi connectivity index (χ2v) is 62.8. The average Bonchev–Trinajstić information content (AvgIpc) is 4.17. The number of hydrogen-bond donors (Lipinski definition) is 0. The van der Waals surface area contributed by atoms with Gasteiger partial charge in [-0.25, -0.2) is 0 Å². The minimum atomic E-state index is -3.13. The molecule has 11 rings (SSSR count). The van der Waals surface area contributed by atoms with Crippen LogP contribution in [0.2, 0.25) is 27.7 Å². The van der Waals surface area contributed by atoms with Crippen LogP contribution in [-0.2, 0) is 0 Å². The molecule has 0 N–H and O–H groups in total. The Labute approximate surface area is 360 Å². The highest BCUT2D eigenvalue weighted by Gasteiger charge is 2.96. The molecule has 0 radical (unpaired) electrons. The lowest BCUT2D eigenvalue weighted by Crippen LogP contribution is -2.93. The Kier molecular flexibility index (Phi) is 9.36. The van der Waals surface area contributed by atoms with E-state index in [4.69, 9.17) is 0 Å². The zero-order chi connectivity index (χ0) is 40.1. The van der Waals surface area contributed by atoms with Crippen LogP contribution in [0.25, 0.3) is 0 Å². The van der Waals surface area contributed by atoms with Crippen LogP contribution in [0.3, 0.4) is 0 Å². The second kappa shape index (κ2) is 14.9. The van der Waals surface area contributed by atoms with Gasteiger partial charge < -0.3 is 0 Å². The van der Waals surface area contributed by atoms with Crippen molar-refractivity contribution < 1.29 is 0 Å². The lowest BCUT2D eigenvalue weighted by molar-refractivity contribution is 1.29. The highest BCUT2D eigenvalue weighted by Crippen LogP contribution is 2.69. The van der Waals surface area contributed by atoms with E-state index in [1.165, 1.54) is 0 Å². The summed E-state index contributed by atoms with van der Waals surface area (Å²) in [6.45, 7) is 0. The zero-order valence-corrected chi connectivity index (χ0v) is 38.9. The third kappa shape index (κ3) is 4.59. The van der Waals surface area contributed by atoms with Crippen molar-refractivity contribution in [3.63, 3.8) is 0 Å². The summed E-state index contributed by atoms with van der Waals surface area (Å²) in [7, 11) is -15.7. The first kappa shape index (κ1) is 37.6. The van der Waals surface area contributed by atoms with E-state index < -0.39 is 35.5 Å². The van der Waals surface area contributed by atoms with Crippen LogP contribution in [0.4, 0.5) is 0 Å². The summed E-state index contributed by atoms with van der Waals surface area (Å²) < 4.78 is 0. The van der Waals surface area contributed by atoms with Crippen LogP contribution in [0.5, 0.6) is 0 Å². The van der Waals surface area contributed by atoms with E-state index in [2.05, 4.69) is 273 Å². The second-order valence-electron chi connectivity index (χ2n) is 17.3. The summed E-state index contributed by atoms with van der Waals surface area (Å²) in [4.78, 5) is 0. The van der Waals surface area contributed by atoms with Crippen molar-refractivity contribution >= 4 is 61.5 Å². The van der Waals surface area contributed by atoms with Gasteiger partial charge in [-0.15, -0.1) is 0 Å². The van der Waals surface area contributed by atoms with Gasteiger partial charge in [0, 0.05) is 0 Å². The van der Waals surface area contributed by atoms with E-state index in [0.717, 1.165) is 0 Å². The number of hydrogen-bond acceptors (Lipinski definition) is 0. The van der Waals surface area contributed by atoms with Gasteiger partial charge in [-0.3, -0.25) is 0 Å². The number of rotatable bonds is 10. The smallest absolute Gasteiger partial charge is 0.0805 e. The minimum absolute atomic E-state index is 0.306. The van der Waals surface area contributed by atoms with Gasteiger partial charge in [0.25, 0.3) is 0 Å². The minimum Gasteiger partial charge on any atom is -0.0805 e. The molecule has 0 bridgehead atoms. The van der Waals surface area contributed by atoms with Crippen LogP contribution in [0.1, 0.15) is 0 Å². The van der Waals surface area contributed by atoms with Gasteiger partial charge >= 0.3 is 0 Å². The molecule has 290 valence electrons. The third-order valence-electron chi connectivity index (χ3n) is 15.5. The van der Waals surface area contributed by atoms with Crippen molar-refractivity contribution in [3.8, 4) is 0 Å². The first-order valence-corrected chi connectivity index (χ1v) is 37.2. The summed E-state index contributed by atoms with van der Waals surface area (Å²) in [5, 5.41) is 8.45. The van der Waals surface area contributed by atoms with Gasteiger partial charge in [-0.1, -0.05) is 299 Å². The molecule has 5 heteroatoms. The van der Waals surface area contributed by atoms with Gasteiger partial charge in [0.15, 0.2) is 0 Å². The Balaban J connectivity index is 1.58. The molecule has 0 nitrogen and oxygen atoms in total. The summed E-state index contributed by atoms with van der Waals surface area (Å²) in [6.07, 6.45) is 51.8. The summed E-state index contributed by atoms with van der Waals surface area (Å²) in [5.74, 6) is 0. The van der Waals surface area contributed by atoms with Crippen molar-refractivity contribution in [3.05, 3.63) is 273 Å². The number of benzene rings is 5. The lowest BCUT2D eigenvalue weighted by Gasteiger charge is -2.61. The molecule has 0 amide bonds. The highest BCUT2D eigenvalue weighted by molar-refractivity contribution is 8.22. The van der Waals surface area contributed by atoms with Gasteiger partial charge in [0.05, 0.1) is 35.5 Å². The maximum Gasteiger partial charge on any atom is 0.0932 e. The molecule has 1 aliphatic heterocycles. The van der Waals surface area contributed by atoms with E-state index in [1.807, 2.05) is 0 Å². The molecular weight excluding hydrogens is 801 g/mol. The molecule has 6 aliphatic rings. The molecule has 60 heavy (non-hydrogen) atoms. The first-order valence-electron chi connectivity index (χ1n) is 21.8. The summed E-state index contributed by atoms with van der Waals surface area (Å²) in [6, 6.07) is 62.4. The molecular formula is C55H50Si5. The van der Waals surface area contributed by atoms with Crippen molar-refractivity contribution in [2.75, 3.05) is 0 Å². The third-order valence-corrected chi connectivity index (χ3v) is 119. The molecule has 1 saturated heterocycles. The van der Waals surface area contributed by atoms with Crippen LogP contribution in [-0.4, -0.2) is 35.5 Å². The van der Waals surface area contributed by atoms with Crippen LogP contribution < -0.4 is 25.9 Å². The van der Waals surface area contributed by atoms with E-state index >= 15 is 0 Å². The van der Waals surface area contributed by atoms with E-state index in [9.17, 15) is 0 Å². The van der Waals surface area contributed by atoms with Crippen LogP contribution >= 0.6 is 0 Å². The molecule has 0 aromatic heterocycles. The zero-order valence-electron chi connectivity index (χ0n) is 33.9. The van der Waals surface area contributed by atoms with Crippen molar-refractivity contribution in [1.82, 2.24) is 0 Å². The molecule has 5 aromatic rings. The van der Waals surface area contributed by atoms with E-state index in [-0.39, 0.29) is 0 Å². The quantitative estimate of drug-likeness (QED) is 0.123.